The van der Waals surface area contributed by atoms with E-state index in [4.69, 9.17) is 34.8 Å². The summed E-state index contributed by atoms with van der Waals surface area (Å²) in [4.78, 5) is 46.7. The summed E-state index contributed by atoms with van der Waals surface area (Å²) in [7, 11) is 0. The fraction of sp³-hybridized carbons (Fsp3) is 0.391. The van der Waals surface area contributed by atoms with Gasteiger partial charge in [-0.3, -0.25) is 24.0 Å². The van der Waals surface area contributed by atoms with Gasteiger partial charge in [0, 0.05) is 17.8 Å². The SMILES string of the molecule is O=C(CN(Cc1nc(Cl)cs1)C(=O)c1cnn(C2CCC(C(=O)O)CC2)c1C(F)(F)F)c1c(Cl)cncc1Cl. The Morgan fingerprint density at radius 1 is 1.08 bits per heavy atom. The molecular weight excluding hydrogens is 606 g/mol. The minimum absolute atomic E-state index is 0.0852. The molecule has 1 amide bonds. The average molecular weight is 625 g/mol. The van der Waals surface area contributed by atoms with Crippen molar-refractivity contribution >= 4 is 63.8 Å². The van der Waals surface area contributed by atoms with Crippen LogP contribution in [-0.2, 0) is 17.5 Å². The van der Waals surface area contributed by atoms with E-state index >= 15 is 0 Å². The third-order valence-corrected chi connectivity index (χ3v) is 8.02. The molecule has 0 atom stereocenters. The summed E-state index contributed by atoms with van der Waals surface area (Å²) >= 11 is 19.1. The number of hydrogen-bond acceptors (Lipinski definition) is 7. The number of aliphatic carboxylic acids is 1. The first-order chi connectivity index (χ1) is 18.4. The molecule has 3 aromatic rings. The molecular formula is C23H19Cl3F3N5O4S. The second kappa shape index (κ2) is 11.8. The van der Waals surface area contributed by atoms with Gasteiger partial charge in [-0.15, -0.1) is 11.3 Å². The molecule has 0 radical (unpaired) electrons. The first-order valence-corrected chi connectivity index (χ1v) is 13.5. The zero-order chi connectivity index (χ0) is 28.5. The first-order valence-electron chi connectivity index (χ1n) is 11.5. The van der Waals surface area contributed by atoms with E-state index in [1.807, 2.05) is 0 Å². The molecule has 9 nitrogen and oxygen atoms in total. The summed E-state index contributed by atoms with van der Waals surface area (Å²) in [6, 6.07) is -0.749. The average Bonchev–Trinajstić information content (AvgIpc) is 3.49. The molecule has 0 spiro atoms. The molecule has 208 valence electrons. The van der Waals surface area contributed by atoms with E-state index < -0.39 is 53.6 Å². The number of hydrogen-bond donors (Lipinski definition) is 1. The summed E-state index contributed by atoms with van der Waals surface area (Å²) in [5, 5.41) is 14.8. The molecule has 0 saturated heterocycles. The van der Waals surface area contributed by atoms with Crippen molar-refractivity contribution in [3.8, 4) is 0 Å². The summed E-state index contributed by atoms with van der Waals surface area (Å²) in [6.07, 6.45) is -1.14. The number of carbonyl (C=O) groups is 3. The van der Waals surface area contributed by atoms with Gasteiger partial charge >= 0.3 is 12.1 Å². The highest BCUT2D eigenvalue weighted by Gasteiger charge is 2.43. The summed E-state index contributed by atoms with van der Waals surface area (Å²) in [5.41, 5.74) is -2.17. The maximum Gasteiger partial charge on any atom is 0.433 e. The number of amides is 1. The standard InChI is InChI=1S/C23H19Cl3F3N5O4S/c24-14-6-30-7-15(25)19(14)16(35)8-33(9-18-32-17(26)10-39-18)21(36)13-5-31-34(20(13)23(27,28)29)12-3-1-11(2-4-12)22(37)38/h5-7,10-12H,1-4,8-9H2,(H,37,38). The van der Waals surface area contributed by atoms with Gasteiger partial charge in [-0.25, -0.2) is 4.98 Å². The van der Waals surface area contributed by atoms with Crippen molar-refractivity contribution in [3.05, 3.63) is 61.0 Å². The Hall–Kier alpha value is -2.74. The zero-order valence-corrected chi connectivity index (χ0v) is 22.9. The van der Waals surface area contributed by atoms with E-state index in [1.165, 1.54) is 17.8 Å². The van der Waals surface area contributed by atoms with Gasteiger partial charge < -0.3 is 10.0 Å². The van der Waals surface area contributed by atoms with Crippen molar-refractivity contribution in [2.45, 2.75) is 44.4 Å². The van der Waals surface area contributed by atoms with E-state index in [-0.39, 0.29) is 58.0 Å². The van der Waals surface area contributed by atoms with Gasteiger partial charge in [-0.2, -0.15) is 18.3 Å². The number of rotatable bonds is 8. The Balaban J connectivity index is 1.69. The van der Waals surface area contributed by atoms with Crippen LogP contribution in [0, 0.1) is 5.92 Å². The van der Waals surface area contributed by atoms with Crippen molar-refractivity contribution in [2.24, 2.45) is 5.92 Å². The normalized spacial score (nSPS) is 17.7. The Bertz CT molecular complexity index is 1390. The monoisotopic (exact) mass is 623 g/mol. The van der Waals surface area contributed by atoms with Crippen LogP contribution in [0.5, 0.6) is 0 Å². The van der Waals surface area contributed by atoms with Crippen LogP contribution >= 0.6 is 46.1 Å². The highest BCUT2D eigenvalue weighted by molar-refractivity contribution is 7.10. The lowest BCUT2D eigenvalue weighted by atomic mass is 9.86. The molecule has 4 rings (SSSR count). The van der Waals surface area contributed by atoms with Gasteiger partial charge in [0.15, 0.2) is 11.5 Å². The molecule has 1 fully saturated rings. The minimum atomic E-state index is -4.97. The van der Waals surface area contributed by atoms with Crippen LogP contribution in [0.1, 0.15) is 63.1 Å². The minimum Gasteiger partial charge on any atom is -0.481 e. The second-order valence-electron chi connectivity index (χ2n) is 8.82. The van der Waals surface area contributed by atoms with E-state index in [2.05, 4.69) is 15.1 Å². The highest BCUT2D eigenvalue weighted by Crippen LogP contribution is 2.39. The third kappa shape index (κ3) is 6.53. The Labute approximate surface area is 238 Å². The van der Waals surface area contributed by atoms with E-state index in [1.54, 1.807) is 0 Å². The number of alkyl halides is 3. The molecule has 0 unspecified atom stereocenters. The molecule has 1 aliphatic rings. The molecule has 1 saturated carbocycles. The predicted molar refractivity (Wildman–Crippen MR) is 136 cm³/mol. The van der Waals surface area contributed by atoms with Gasteiger partial charge in [0.05, 0.1) is 52.4 Å². The number of Topliss-reactive ketones (excluding diaryl/α,β-unsaturated/α-hetero) is 1. The number of carbonyl (C=O) groups excluding carboxylic acids is 2. The maximum absolute atomic E-state index is 14.3. The number of carboxylic acids is 1. The van der Waals surface area contributed by atoms with Gasteiger partial charge in [-0.05, 0) is 25.7 Å². The van der Waals surface area contributed by atoms with Crippen LogP contribution in [0.15, 0.2) is 24.0 Å². The smallest absolute Gasteiger partial charge is 0.433 e. The van der Waals surface area contributed by atoms with Crippen LogP contribution in [0.4, 0.5) is 13.2 Å². The topological polar surface area (TPSA) is 118 Å². The van der Waals surface area contributed by atoms with Crippen LogP contribution in [0.25, 0.3) is 0 Å². The lowest BCUT2D eigenvalue weighted by Gasteiger charge is -2.28. The highest BCUT2D eigenvalue weighted by atomic mass is 35.5. The van der Waals surface area contributed by atoms with Crippen molar-refractivity contribution in [2.75, 3.05) is 6.54 Å². The molecule has 3 aromatic heterocycles. The molecule has 0 aromatic carbocycles. The summed E-state index contributed by atoms with van der Waals surface area (Å²) < 4.78 is 43.7. The molecule has 3 heterocycles. The van der Waals surface area contributed by atoms with Crippen LogP contribution < -0.4 is 0 Å². The number of carboxylic acid groups (broad SMARTS) is 1. The molecule has 0 aliphatic heterocycles. The molecule has 1 N–H and O–H groups in total. The lowest BCUT2D eigenvalue weighted by molar-refractivity contribution is -0.147. The lowest BCUT2D eigenvalue weighted by Crippen LogP contribution is -2.37. The van der Waals surface area contributed by atoms with Crippen LogP contribution in [0.2, 0.25) is 15.2 Å². The first kappa shape index (κ1) is 29.2. The van der Waals surface area contributed by atoms with Gasteiger partial charge in [0.25, 0.3) is 5.91 Å². The number of aromatic nitrogens is 4. The van der Waals surface area contributed by atoms with E-state index in [9.17, 15) is 32.7 Å². The zero-order valence-electron chi connectivity index (χ0n) is 19.8. The number of halogens is 6. The fourth-order valence-corrected chi connectivity index (χ4v) is 6.00. The molecule has 1 aliphatic carbocycles. The number of nitrogens with zero attached hydrogens (tertiary/aromatic N) is 5. The molecule has 39 heavy (non-hydrogen) atoms. The van der Waals surface area contributed by atoms with Crippen molar-refractivity contribution in [1.82, 2.24) is 24.6 Å². The number of thiazole rings is 1. The fourth-order valence-electron chi connectivity index (χ4n) is 4.47. The largest absolute Gasteiger partial charge is 0.481 e. The van der Waals surface area contributed by atoms with Gasteiger partial charge in [0.1, 0.15) is 10.2 Å². The maximum atomic E-state index is 14.3. The Morgan fingerprint density at radius 3 is 2.26 bits per heavy atom. The van der Waals surface area contributed by atoms with Crippen LogP contribution in [-0.4, -0.2) is 54.0 Å². The molecule has 16 heteroatoms. The summed E-state index contributed by atoms with van der Waals surface area (Å²) in [6.45, 7) is -1.000. The van der Waals surface area contributed by atoms with Gasteiger partial charge in [-0.1, -0.05) is 34.8 Å². The van der Waals surface area contributed by atoms with Crippen molar-refractivity contribution < 1.29 is 32.7 Å². The predicted octanol–water partition coefficient (Wildman–Crippen LogP) is 6.05. The van der Waals surface area contributed by atoms with Gasteiger partial charge in [0.2, 0.25) is 0 Å². The van der Waals surface area contributed by atoms with Crippen molar-refractivity contribution in [3.63, 3.8) is 0 Å². The van der Waals surface area contributed by atoms with E-state index in [0.29, 0.717) is 0 Å². The second-order valence-corrected chi connectivity index (χ2v) is 11.0. The third-order valence-electron chi connectivity index (χ3n) is 6.29. The van der Waals surface area contributed by atoms with Crippen molar-refractivity contribution in [1.29, 1.82) is 0 Å². The molecule has 0 bridgehead atoms. The van der Waals surface area contributed by atoms with Crippen LogP contribution in [0.3, 0.4) is 0 Å². The number of ketones is 1. The summed E-state index contributed by atoms with van der Waals surface area (Å²) in [5.74, 6) is -3.49. The van der Waals surface area contributed by atoms with E-state index in [0.717, 1.165) is 27.1 Å². The Kier molecular flexibility index (Phi) is 8.84. The Morgan fingerprint density at radius 2 is 1.72 bits per heavy atom. The quantitative estimate of drug-likeness (QED) is 0.303. The number of pyridine rings is 1.